The molecule has 0 atom stereocenters. The summed E-state index contributed by atoms with van der Waals surface area (Å²) in [6.45, 7) is 8.70. The fourth-order valence-corrected chi connectivity index (χ4v) is 4.26. The number of unbranched alkanes of at least 4 members (excludes halogenated alkanes) is 1. The summed E-state index contributed by atoms with van der Waals surface area (Å²) in [5, 5.41) is 0. The summed E-state index contributed by atoms with van der Waals surface area (Å²) in [6.07, 6.45) is 14.8. The third-order valence-corrected chi connectivity index (χ3v) is 5.95. The minimum atomic E-state index is 0. The van der Waals surface area contributed by atoms with Crippen LogP contribution >= 0.6 is 0 Å². The Kier molecular flexibility index (Phi) is 15.1. The van der Waals surface area contributed by atoms with Crippen LogP contribution in [-0.4, -0.2) is 4.70 Å². The van der Waals surface area contributed by atoms with Gasteiger partial charge in [-0.3, -0.25) is 0 Å². The zero-order chi connectivity index (χ0) is 22.9. The molecule has 0 bridgehead atoms. The van der Waals surface area contributed by atoms with Crippen LogP contribution in [0.2, 0.25) is 0 Å². The van der Waals surface area contributed by atoms with Gasteiger partial charge in [-0.15, -0.1) is 0 Å². The molecular weight excluding hydrogens is 471 g/mol. The van der Waals surface area contributed by atoms with E-state index in [2.05, 4.69) is 101 Å². The summed E-state index contributed by atoms with van der Waals surface area (Å²) in [5.74, 6) is 0. The summed E-state index contributed by atoms with van der Waals surface area (Å²) >= 11 is 0. The normalized spacial score (nSPS) is 13.3. The van der Waals surface area contributed by atoms with E-state index in [4.69, 9.17) is 0 Å². The molecule has 35 heavy (non-hydrogen) atoms. The van der Waals surface area contributed by atoms with Crippen LogP contribution in [-0.2, 0) is 16.5 Å². The largest absolute Gasteiger partial charge is 2.00 e. The quantitative estimate of drug-likeness (QED) is 0.172. The van der Waals surface area contributed by atoms with E-state index < -0.39 is 0 Å². The smallest absolute Gasteiger partial charge is 0.493 e. The van der Waals surface area contributed by atoms with Crippen LogP contribution in [0.5, 0.6) is 0 Å². The molecule has 0 fully saturated rings. The number of allylic oxidation sites excluding steroid dienone is 4. The molecular formula is C32H42N2Ni. The van der Waals surface area contributed by atoms with Gasteiger partial charge in [0.2, 0.25) is 11.4 Å². The first-order valence-electron chi connectivity index (χ1n) is 12.1. The second kappa shape index (κ2) is 16.2. The molecule has 0 radical (unpaired) electrons. The van der Waals surface area contributed by atoms with Crippen LogP contribution in [0, 0.1) is 14.9 Å². The van der Waals surface area contributed by atoms with Gasteiger partial charge in [-0.2, -0.15) is 0 Å². The summed E-state index contributed by atoms with van der Waals surface area (Å²) in [4.78, 5) is 0. The first kappa shape index (κ1) is 32.5. The van der Waals surface area contributed by atoms with Crippen molar-refractivity contribution in [3.63, 3.8) is 0 Å². The van der Waals surface area contributed by atoms with Gasteiger partial charge in [-0.25, -0.2) is 4.70 Å². The molecule has 2 nitrogen and oxygen atoms in total. The van der Waals surface area contributed by atoms with Gasteiger partial charge in [0.25, 0.3) is 0 Å². The second-order valence-electron chi connectivity index (χ2n) is 8.29. The van der Waals surface area contributed by atoms with Crippen LogP contribution < -0.4 is 0 Å². The van der Waals surface area contributed by atoms with Crippen molar-refractivity contribution in [3.8, 4) is 0 Å². The molecule has 0 N–H and O–H groups in total. The van der Waals surface area contributed by atoms with Crippen molar-refractivity contribution in [2.75, 3.05) is 0 Å². The average Bonchev–Trinajstić information content (AvgIpc) is 3.11. The van der Waals surface area contributed by atoms with Crippen molar-refractivity contribution in [1.29, 1.82) is 0 Å². The fraction of sp³-hybridized carbons (Fsp3) is 0.312. The molecule has 1 heterocycles. The summed E-state index contributed by atoms with van der Waals surface area (Å²) < 4.78 is 1.44. The third-order valence-electron chi connectivity index (χ3n) is 5.95. The van der Waals surface area contributed by atoms with Gasteiger partial charge in [0.15, 0.2) is 0 Å². The van der Waals surface area contributed by atoms with E-state index in [0.717, 1.165) is 61.0 Å². The van der Waals surface area contributed by atoms with E-state index in [-0.39, 0.29) is 31.3 Å². The first-order chi connectivity index (χ1) is 15.6. The van der Waals surface area contributed by atoms with Gasteiger partial charge >= 0.3 is 16.5 Å². The van der Waals surface area contributed by atoms with Crippen molar-refractivity contribution in [2.45, 2.75) is 66.2 Å². The van der Waals surface area contributed by atoms with Gasteiger partial charge in [0.05, 0.1) is 0 Å². The maximum atomic E-state index is 11.4. The van der Waals surface area contributed by atoms with Crippen molar-refractivity contribution >= 4 is 23.5 Å². The molecule has 0 amide bonds. The molecule has 190 valence electrons. The Morgan fingerprint density at radius 2 is 1.11 bits per heavy atom. The Balaban J connectivity index is 0.00000385. The number of rotatable bonds is 10. The monoisotopic (exact) mass is 512 g/mol. The maximum Gasteiger partial charge on any atom is 2.00 e. The Hall–Kier alpha value is -2.51. The zero-order valence-corrected chi connectivity index (χ0v) is 23.4. The number of hydrogen-bond acceptors (Lipinski definition) is 0. The molecule has 0 spiro atoms. The number of nitrogens with zero attached hydrogens (tertiary/aromatic N) is 2. The summed E-state index contributed by atoms with van der Waals surface area (Å²) in [6, 6.07) is 17.1. The predicted molar refractivity (Wildman–Crippen MR) is 152 cm³/mol. The van der Waals surface area contributed by atoms with Gasteiger partial charge in [0, 0.05) is 22.3 Å². The van der Waals surface area contributed by atoms with E-state index in [1.54, 1.807) is 0 Å². The molecule has 0 saturated carbocycles. The number of benzene rings is 2. The first-order valence-corrected chi connectivity index (χ1v) is 12.1. The van der Waals surface area contributed by atoms with E-state index in [0.29, 0.717) is 0 Å². The molecule has 0 aromatic heterocycles. The maximum absolute atomic E-state index is 11.4. The van der Waals surface area contributed by atoms with Crippen LogP contribution in [0.25, 0.3) is 29.1 Å². The Morgan fingerprint density at radius 3 is 1.49 bits per heavy atom. The van der Waals surface area contributed by atoms with E-state index in [1.807, 2.05) is 0 Å². The minimum absolute atomic E-state index is 0. The van der Waals surface area contributed by atoms with E-state index in [1.165, 1.54) is 27.0 Å². The molecule has 3 rings (SSSR count). The van der Waals surface area contributed by atoms with Crippen LogP contribution in [0.1, 0.15) is 88.5 Å². The Bertz CT molecular complexity index is 1050. The Labute approximate surface area is 225 Å². The molecule has 2 aromatic rings. The molecule has 1 aliphatic rings. The van der Waals surface area contributed by atoms with Crippen LogP contribution in [0.15, 0.2) is 71.8 Å². The molecule has 2 aromatic carbocycles. The van der Waals surface area contributed by atoms with E-state index >= 15 is 0 Å². The predicted octanol–water partition coefficient (Wildman–Crippen LogP) is 10.2. The van der Waals surface area contributed by atoms with Gasteiger partial charge < -0.3 is 20.4 Å². The Morgan fingerprint density at radius 1 is 0.686 bits per heavy atom. The van der Waals surface area contributed by atoms with Crippen molar-refractivity contribution in [2.24, 2.45) is 0 Å². The van der Waals surface area contributed by atoms with Gasteiger partial charge in [-0.1, -0.05) is 82.7 Å². The summed E-state index contributed by atoms with van der Waals surface area (Å²) in [7, 11) is 0. The SMILES string of the molecule is CCC=Cc1ccc(C2=C(CC)C(CCCC)=C(c3ccc(C=CCC)cc3)[N+]2=[N-])cc1.[CH3-].[CH3-].[Ni+2]. The van der Waals surface area contributed by atoms with Gasteiger partial charge in [0.1, 0.15) is 0 Å². The molecule has 0 saturated heterocycles. The average molecular weight is 513 g/mol. The molecule has 0 unspecified atom stereocenters. The van der Waals surface area contributed by atoms with Gasteiger partial charge in [-0.05, 0) is 67.5 Å². The zero-order valence-electron chi connectivity index (χ0n) is 22.4. The van der Waals surface area contributed by atoms with Crippen LogP contribution in [0.4, 0.5) is 0 Å². The molecule has 1 aliphatic heterocycles. The van der Waals surface area contributed by atoms with E-state index in [9.17, 15) is 5.53 Å². The fourth-order valence-electron chi connectivity index (χ4n) is 4.26. The molecule has 3 heteroatoms. The number of hydrogen-bond donors (Lipinski definition) is 0. The standard InChI is InChI=1S/C30H36N2.2CH3.Ni/c1-5-9-12-23-15-19-25(20-16-23)29-27(8-4)28(14-11-7-3)30(32(29)31)26-21-17-24(18-22-26)13-10-6-2;;;/h9-10,12-13,15-22H,5-8,11,14H2,1-4H3;2*1H3;/q;2*-1;+2. The molecule has 0 aliphatic carbocycles. The second-order valence-corrected chi connectivity index (χ2v) is 8.29. The topological polar surface area (TPSA) is 25.3 Å². The van der Waals surface area contributed by atoms with Crippen molar-refractivity contribution in [1.82, 2.24) is 0 Å². The van der Waals surface area contributed by atoms with Crippen LogP contribution in [0.3, 0.4) is 0 Å². The third kappa shape index (κ3) is 7.74. The van der Waals surface area contributed by atoms with Crippen molar-refractivity contribution < 1.29 is 21.2 Å². The summed E-state index contributed by atoms with van der Waals surface area (Å²) in [5.41, 5.74) is 20.3. The van der Waals surface area contributed by atoms with Crippen molar-refractivity contribution in [3.05, 3.63) is 114 Å². The minimum Gasteiger partial charge on any atom is -0.493 e.